The van der Waals surface area contributed by atoms with E-state index in [1.165, 1.54) is 12.0 Å². The van der Waals surface area contributed by atoms with Gasteiger partial charge in [0.05, 0.1) is 6.61 Å². The number of allylic oxidation sites excluding steroid dienone is 1. The van der Waals surface area contributed by atoms with Crippen molar-refractivity contribution < 1.29 is 4.74 Å². The smallest absolute Gasteiger partial charge is 0.0671 e. The van der Waals surface area contributed by atoms with Crippen LogP contribution in [-0.4, -0.2) is 13.2 Å². The molecular formula is C11H20O. The molecule has 0 spiro atoms. The fraction of sp³-hybridized carbons (Fsp3) is 0.636. The van der Waals surface area contributed by atoms with E-state index in [4.69, 9.17) is 4.74 Å². The molecule has 0 aromatic carbocycles. The Hall–Kier alpha value is -0.560. The Kier molecular flexibility index (Phi) is 6.78. The number of ether oxygens (including phenoxy) is 1. The largest absolute Gasteiger partial charge is 0.377 e. The second kappa shape index (κ2) is 7.11. The van der Waals surface area contributed by atoms with Crippen LogP contribution in [0, 0.1) is 0 Å². The summed E-state index contributed by atoms with van der Waals surface area (Å²) in [6, 6.07) is 0. The summed E-state index contributed by atoms with van der Waals surface area (Å²) in [4.78, 5) is 0. The van der Waals surface area contributed by atoms with E-state index in [1.807, 2.05) is 6.92 Å². The first-order chi connectivity index (χ1) is 5.63. The molecule has 0 saturated carbocycles. The predicted molar refractivity (Wildman–Crippen MR) is 54.3 cm³/mol. The Bertz CT molecular complexity index is 129. The molecule has 0 N–H and O–H groups in total. The maximum absolute atomic E-state index is 5.35. The Morgan fingerprint density at radius 2 is 1.75 bits per heavy atom. The van der Waals surface area contributed by atoms with Crippen LogP contribution in [0.5, 0.6) is 0 Å². The van der Waals surface area contributed by atoms with Crippen molar-refractivity contribution in [2.45, 2.75) is 33.1 Å². The molecule has 0 atom stereocenters. The van der Waals surface area contributed by atoms with Crippen molar-refractivity contribution in [3.63, 3.8) is 0 Å². The van der Waals surface area contributed by atoms with Crippen LogP contribution in [0.2, 0.25) is 0 Å². The van der Waals surface area contributed by atoms with E-state index < -0.39 is 0 Å². The molecule has 0 unspecified atom stereocenters. The van der Waals surface area contributed by atoms with E-state index in [2.05, 4.69) is 20.1 Å². The van der Waals surface area contributed by atoms with E-state index in [0.29, 0.717) is 6.61 Å². The lowest BCUT2D eigenvalue weighted by Gasteiger charge is -2.03. The minimum absolute atomic E-state index is 0.701. The van der Waals surface area contributed by atoms with E-state index in [0.717, 1.165) is 25.0 Å². The van der Waals surface area contributed by atoms with Gasteiger partial charge in [-0.15, -0.1) is 6.58 Å². The van der Waals surface area contributed by atoms with Gasteiger partial charge in [-0.1, -0.05) is 17.7 Å². The summed E-state index contributed by atoms with van der Waals surface area (Å²) in [5.74, 6) is 0. The van der Waals surface area contributed by atoms with E-state index in [9.17, 15) is 0 Å². The van der Waals surface area contributed by atoms with Gasteiger partial charge in [0, 0.05) is 6.61 Å². The summed E-state index contributed by atoms with van der Waals surface area (Å²) in [6.07, 6.45) is 3.43. The Labute approximate surface area is 76.1 Å². The average Bonchev–Trinajstić information content (AvgIpc) is 1.95. The second-order valence-electron chi connectivity index (χ2n) is 3.42. The molecule has 0 aliphatic carbocycles. The Morgan fingerprint density at radius 3 is 2.25 bits per heavy atom. The van der Waals surface area contributed by atoms with Crippen LogP contribution in [-0.2, 0) is 4.74 Å². The summed E-state index contributed by atoms with van der Waals surface area (Å²) >= 11 is 0. The molecular weight excluding hydrogens is 148 g/mol. The van der Waals surface area contributed by atoms with Crippen LogP contribution < -0.4 is 0 Å². The van der Waals surface area contributed by atoms with Crippen LogP contribution in [0.4, 0.5) is 0 Å². The number of hydrogen-bond acceptors (Lipinski definition) is 1. The first kappa shape index (κ1) is 11.4. The van der Waals surface area contributed by atoms with Crippen LogP contribution in [0.1, 0.15) is 33.1 Å². The SMILES string of the molecule is C=C(C)CCCCOCC(=C)C. The highest BCUT2D eigenvalue weighted by atomic mass is 16.5. The van der Waals surface area contributed by atoms with Gasteiger partial charge in [-0.3, -0.25) is 0 Å². The Morgan fingerprint density at radius 1 is 1.08 bits per heavy atom. The zero-order valence-electron chi connectivity index (χ0n) is 8.36. The zero-order chi connectivity index (χ0) is 9.40. The maximum Gasteiger partial charge on any atom is 0.0671 e. The van der Waals surface area contributed by atoms with Crippen molar-refractivity contribution in [1.29, 1.82) is 0 Å². The van der Waals surface area contributed by atoms with Gasteiger partial charge < -0.3 is 4.74 Å². The highest BCUT2D eigenvalue weighted by molar-refractivity contribution is 4.88. The molecule has 0 radical (unpaired) electrons. The summed E-state index contributed by atoms with van der Waals surface area (Å²) < 4.78 is 5.35. The van der Waals surface area contributed by atoms with Crippen LogP contribution >= 0.6 is 0 Å². The topological polar surface area (TPSA) is 9.23 Å². The van der Waals surface area contributed by atoms with Gasteiger partial charge in [0.25, 0.3) is 0 Å². The highest BCUT2D eigenvalue weighted by Crippen LogP contribution is 2.03. The monoisotopic (exact) mass is 168 g/mol. The number of unbranched alkanes of at least 4 members (excludes halogenated alkanes) is 1. The minimum atomic E-state index is 0.701. The molecule has 0 bridgehead atoms. The molecule has 0 aromatic heterocycles. The van der Waals surface area contributed by atoms with Crippen molar-refractivity contribution in [3.05, 3.63) is 24.3 Å². The van der Waals surface area contributed by atoms with Crippen molar-refractivity contribution in [2.75, 3.05) is 13.2 Å². The third-order valence-corrected chi connectivity index (χ3v) is 1.49. The summed E-state index contributed by atoms with van der Waals surface area (Å²) in [7, 11) is 0. The third kappa shape index (κ3) is 9.44. The van der Waals surface area contributed by atoms with Crippen LogP contribution in [0.3, 0.4) is 0 Å². The first-order valence-electron chi connectivity index (χ1n) is 4.49. The normalized spacial score (nSPS) is 9.83. The van der Waals surface area contributed by atoms with Gasteiger partial charge in [-0.25, -0.2) is 0 Å². The number of rotatable bonds is 7. The highest BCUT2D eigenvalue weighted by Gasteiger charge is 1.90. The van der Waals surface area contributed by atoms with Gasteiger partial charge in [-0.2, -0.15) is 0 Å². The quantitative estimate of drug-likeness (QED) is 0.418. The van der Waals surface area contributed by atoms with E-state index in [-0.39, 0.29) is 0 Å². The second-order valence-corrected chi connectivity index (χ2v) is 3.42. The molecule has 0 aliphatic heterocycles. The fourth-order valence-electron chi connectivity index (χ4n) is 0.877. The van der Waals surface area contributed by atoms with Crippen molar-refractivity contribution in [2.24, 2.45) is 0 Å². The molecule has 0 saturated heterocycles. The lowest BCUT2D eigenvalue weighted by Crippen LogP contribution is -1.97. The Balaban J connectivity index is 3.01. The molecule has 0 rings (SSSR count). The molecule has 0 aliphatic rings. The van der Waals surface area contributed by atoms with Crippen LogP contribution in [0.25, 0.3) is 0 Å². The summed E-state index contributed by atoms with van der Waals surface area (Å²) in [5.41, 5.74) is 2.35. The molecule has 1 nitrogen and oxygen atoms in total. The van der Waals surface area contributed by atoms with E-state index >= 15 is 0 Å². The summed E-state index contributed by atoms with van der Waals surface area (Å²) in [6.45, 7) is 13.2. The van der Waals surface area contributed by atoms with Crippen LogP contribution in [0.15, 0.2) is 24.3 Å². The number of hydrogen-bond donors (Lipinski definition) is 0. The van der Waals surface area contributed by atoms with E-state index in [1.54, 1.807) is 0 Å². The third-order valence-electron chi connectivity index (χ3n) is 1.49. The van der Waals surface area contributed by atoms with Gasteiger partial charge in [0.1, 0.15) is 0 Å². The standard InChI is InChI=1S/C11H20O/c1-10(2)7-5-6-8-12-9-11(3)4/h1,3,5-9H2,2,4H3. The van der Waals surface area contributed by atoms with Gasteiger partial charge >= 0.3 is 0 Å². The lowest BCUT2D eigenvalue weighted by atomic mass is 10.1. The van der Waals surface area contributed by atoms with Gasteiger partial charge in [0.15, 0.2) is 0 Å². The van der Waals surface area contributed by atoms with Crippen molar-refractivity contribution >= 4 is 0 Å². The summed E-state index contributed by atoms with van der Waals surface area (Å²) in [5, 5.41) is 0. The average molecular weight is 168 g/mol. The van der Waals surface area contributed by atoms with Gasteiger partial charge in [-0.05, 0) is 33.1 Å². The minimum Gasteiger partial charge on any atom is -0.377 e. The first-order valence-corrected chi connectivity index (χ1v) is 4.49. The molecule has 0 heterocycles. The molecule has 0 fully saturated rings. The fourth-order valence-corrected chi connectivity index (χ4v) is 0.877. The molecule has 1 heteroatoms. The molecule has 0 amide bonds. The zero-order valence-corrected chi connectivity index (χ0v) is 8.36. The van der Waals surface area contributed by atoms with Gasteiger partial charge in [0.2, 0.25) is 0 Å². The molecule has 0 aromatic rings. The molecule has 70 valence electrons. The lowest BCUT2D eigenvalue weighted by molar-refractivity contribution is 0.152. The maximum atomic E-state index is 5.35. The van der Waals surface area contributed by atoms with Crippen molar-refractivity contribution in [1.82, 2.24) is 0 Å². The predicted octanol–water partition coefficient (Wildman–Crippen LogP) is 3.33. The van der Waals surface area contributed by atoms with Crippen molar-refractivity contribution in [3.8, 4) is 0 Å². The molecule has 12 heavy (non-hydrogen) atoms.